The molecule has 0 bridgehead atoms. The van der Waals surface area contributed by atoms with Gasteiger partial charge in [0, 0.05) is 6.04 Å². The monoisotopic (exact) mass is 280 g/mol. The number of nitrogens with zero attached hydrogens (tertiary/aromatic N) is 1. The summed E-state index contributed by atoms with van der Waals surface area (Å²) < 4.78 is 35.2. The molecule has 104 valence electrons. The zero-order chi connectivity index (χ0) is 13.8. The van der Waals surface area contributed by atoms with Crippen LogP contribution in [0.2, 0.25) is 0 Å². The Kier molecular flexibility index (Phi) is 4.91. The molecule has 1 amide bonds. The van der Waals surface area contributed by atoms with Crippen LogP contribution in [0.4, 0.5) is 4.79 Å². The number of esters is 1. The second kappa shape index (κ2) is 6.01. The summed E-state index contributed by atoms with van der Waals surface area (Å²) in [6, 6.07) is -0.267. The van der Waals surface area contributed by atoms with Crippen LogP contribution >= 0.6 is 0 Å². The number of methoxy groups -OCH3 is 1. The quantitative estimate of drug-likeness (QED) is 0.665. The number of hydrogen-bond donors (Lipinski definition) is 1. The highest BCUT2D eigenvalue weighted by Crippen LogP contribution is 2.28. The average Bonchev–Trinajstić information content (AvgIpc) is 3.09. The number of ether oxygens (including phenoxy) is 2. The Hall–Kier alpha value is -1.35. The summed E-state index contributed by atoms with van der Waals surface area (Å²) in [5.41, 5.74) is 0. The van der Waals surface area contributed by atoms with Crippen molar-refractivity contribution in [1.82, 2.24) is 9.03 Å². The molecule has 1 aliphatic rings. The normalized spacial score (nSPS) is 15.3. The van der Waals surface area contributed by atoms with Crippen molar-refractivity contribution in [3.63, 3.8) is 0 Å². The minimum atomic E-state index is -4.08. The Labute approximate surface area is 105 Å². The van der Waals surface area contributed by atoms with Crippen molar-refractivity contribution < 1.29 is 27.5 Å². The van der Waals surface area contributed by atoms with E-state index in [2.05, 4.69) is 9.47 Å². The Bertz CT molecular complexity index is 417. The van der Waals surface area contributed by atoms with Crippen LogP contribution in [0.25, 0.3) is 0 Å². The van der Waals surface area contributed by atoms with Gasteiger partial charge in [-0.3, -0.25) is 4.79 Å². The van der Waals surface area contributed by atoms with Gasteiger partial charge in [0.25, 0.3) is 0 Å². The molecule has 0 atom stereocenters. The molecular weight excluding hydrogens is 264 g/mol. The molecule has 1 rings (SSSR count). The Morgan fingerprint density at radius 2 is 2.00 bits per heavy atom. The van der Waals surface area contributed by atoms with Gasteiger partial charge in [-0.25, -0.2) is 9.52 Å². The van der Waals surface area contributed by atoms with E-state index in [1.54, 1.807) is 11.6 Å². The largest absolute Gasteiger partial charge is 0.465 e. The summed E-state index contributed by atoms with van der Waals surface area (Å²) in [6.07, 6.45) is 0.215. The van der Waals surface area contributed by atoms with Gasteiger partial charge in [0.15, 0.2) is 0 Å². The fraction of sp³-hybridized carbons (Fsp3) is 0.778. The lowest BCUT2D eigenvalue weighted by Crippen LogP contribution is -2.47. The van der Waals surface area contributed by atoms with Crippen molar-refractivity contribution in [1.29, 1.82) is 0 Å². The first-order valence-electron chi connectivity index (χ1n) is 5.44. The maximum Gasteiger partial charge on any atom is 0.421 e. The van der Waals surface area contributed by atoms with Gasteiger partial charge in [-0.15, -0.1) is 0 Å². The van der Waals surface area contributed by atoms with Crippen LogP contribution in [-0.4, -0.2) is 51.1 Å². The van der Waals surface area contributed by atoms with E-state index in [0.29, 0.717) is 12.8 Å². The molecule has 0 aromatic heterocycles. The van der Waals surface area contributed by atoms with Gasteiger partial charge in [0.05, 0.1) is 13.7 Å². The molecule has 1 fully saturated rings. The number of carbonyl (C=O) groups is 2. The van der Waals surface area contributed by atoms with E-state index in [4.69, 9.17) is 0 Å². The highest BCUT2D eigenvalue weighted by atomic mass is 32.2. The van der Waals surface area contributed by atoms with E-state index in [-0.39, 0.29) is 12.6 Å². The summed E-state index contributed by atoms with van der Waals surface area (Å²) in [5.74, 6) is -0.653. The van der Waals surface area contributed by atoms with E-state index in [0.717, 1.165) is 11.4 Å². The molecule has 18 heavy (non-hydrogen) atoms. The summed E-state index contributed by atoms with van der Waals surface area (Å²) >= 11 is 0. The second-order valence-corrected chi connectivity index (χ2v) is 5.30. The summed E-state index contributed by atoms with van der Waals surface area (Å²) in [5, 5.41) is 0. The first kappa shape index (κ1) is 14.7. The van der Waals surface area contributed by atoms with Crippen molar-refractivity contribution in [2.24, 2.45) is 0 Å². The first-order chi connectivity index (χ1) is 8.40. The van der Waals surface area contributed by atoms with Crippen LogP contribution in [0.3, 0.4) is 0 Å². The molecule has 0 aromatic carbocycles. The lowest BCUT2D eigenvalue weighted by atomic mass is 10.6. The van der Waals surface area contributed by atoms with Gasteiger partial charge in [0.2, 0.25) is 0 Å². The maximum atomic E-state index is 11.8. The molecule has 0 radical (unpaired) electrons. The molecule has 0 aromatic rings. The minimum Gasteiger partial charge on any atom is -0.465 e. The molecule has 1 N–H and O–H groups in total. The number of hydrogen-bond acceptors (Lipinski definition) is 6. The van der Waals surface area contributed by atoms with Gasteiger partial charge >= 0.3 is 22.3 Å². The van der Waals surface area contributed by atoms with Crippen molar-refractivity contribution in [2.45, 2.75) is 25.8 Å². The number of carbonyl (C=O) groups excluding carboxylic acids is 2. The van der Waals surface area contributed by atoms with Crippen molar-refractivity contribution in [3.05, 3.63) is 0 Å². The van der Waals surface area contributed by atoms with Crippen LogP contribution in [0.15, 0.2) is 0 Å². The lowest BCUT2D eigenvalue weighted by Gasteiger charge is -2.20. The fourth-order valence-corrected chi connectivity index (χ4v) is 2.60. The van der Waals surface area contributed by atoms with Gasteiger partial charge < -0.3 is 9.47 Å². The number of amides is 1. The van der Waals surface area contributed by atoms with Crippen molar-refractivity contribution >= 4 is 22.3 Å². The van der Waals surface area contributed by atoms with Gasteiger partial charge in [-0.05, 0) is 19.8 Å². The second-order valence-electron chi connectivity index (χ2n) is 3.68. The Morgan fingerprint density at radius 1 is 1.39 bits per heavy atom. The maximum absolute atomic E-state index is 11.8. The molecule has 0 spiro atoms. The third-order valence-electron chi connectivity index (χ3n) is 2.25. The summed E-state index contributed by atoms with van der Waals surface area (Å²) in [6.45, 7) is 1.38. The molecule has 0 saturated heterocycles. The van der Waals surface area contributed by atoms with E-state index < -0.39 is 28.8 Å². The Morgan fingerprint density at radius 3 is 2.44 bits per heavy atom. The molecule has 9 heteroatoms. The number of rotatable bonds is 6. The van der Waals surface area contributed by atoms with E-state index >= 15 is 0 Å². The van der Waals surface area contributed by atoms with Crippen LogP contribution in [-0.2, 0) is 24.5 Å². The van der Waals surface area contributed by atoms with Crippen LogP contribution in [0.5, 0.6) is 0 Å². The zero-order valence-electron chi connectivity index (χ0n) is 10.2. The molecule has 0 aliphatic heterocycles. The minimum absolute atomic E-state index is 0.168. The average molecular weight is 280 g/mol. The molecule has 0 unspecified atom stereocenters. The molecule has 1 aliphatic carbocycles. The number of nitrogens with one attached hydrogen (secondary N) is 1. The first-order valence-corrected chi connectivity index (χ1v) is 6.88. The Balaban J connectivity index is 2.71. The highest BCUT2D eigenvalue weighted by molar-refractivity contribution is 7.87. The van der Waals surface area contributed by atoms with E-state index in [1.807, 2.05) is 0 Å². The predicted molar refractivity (Wildman–Crippen MR) is 60.8 cm³/mol. The molecule has 1 saturated carbocycles. The van der Waals surface area contributed by atoms with E-state index in [1.165, 1.54) is 0 Å². The fourth-order valence-electron chi connectivity index (χ4n) is 1.31. The topological polar surface area (TPSA) is 102 Å². The smallest absolute Gasteiger partial charge is 0.421 e. The molecule has 0 heterocycles. The van der Waals surface area contributed by atoms with Gasteiger partial charge in [0.1, 0.15) is 6.54 Å². The van der Waals surface area contributed by atoms with Crippen LogP contribution < -0.4 is 4.72 Å². The standard InChI is InChI=1S/C9H16N2O6S/c1-3-17-8(12)6-11(7-4-5-7)18(14,15)10-9(13)16-2/h7H,3-6H2,1-2H3,(H,10,13). The van der Waals surface area contributed by atoms with Crippen molar-refractivity contribution in [2.75, 3.05) is 20.3 Å². The summed E-state index contributed by atoms with van der Waals surface area (Å²) in [4.78, 5) is 22.2. The SMILES string of the molecule is CCOC(=O)CN(C1CC1)S(=O)(=O)NC(=O)OC. The van der Waals surface area contributed by atoms with Gasteiger partial charge in [-0.2, -0.15) is 12.7 Å². The van der Waals surface area contributed by atoms with Crippen LogP contribution in [0.1, 0.15) is 19.8 Å². The third-order valence-corrected chi connectivity index (χ3v) is 3.72. The van der Waals surface area contributed by atoms with Crippen molar-refractivity contribution in [3.8, 4) is 0 Å². The van der Waals surface area contributed by atoms with Gasteiger partial charge in [-0.1, -0.05) is 0 Å². The summed E-state index contributed by atoms with van der Waals surface area (Å²) in [7, 11) is -3.02. The molecular formula is C9H16N2O6S. The van der Waals surface area contributed by atoms with E-state index in [9.17, 15) is 18.0 Å². The molecule has 8 nitrogen and oxygen atoms in total. The zero-order valence-corrected chi connectivity index (χ0v) is 11.0. The highest BCUT2D eigenvalue weighted by Gasteiger charge is 2.39. The van der Waals surface area contributed by atoms with Crippen LogP contribution in [0, 0.1) is 0 Å². The predicted octanol–water partition coefficient (Wildman–Crippen LogP) is -0.385. The third kappa shape index (κ3) is 4.15. The lowest BCUT2D eigenvalue weighted by molar-refractivity contribution is -0.143.